The first-order valence-corrected chi connectivity index (χ1v) is 7.61. The third kappa shape index (κ3) is 7.55. The number of nitrogens with two attached hydrogens (primary N) is 4. The van der Waals surface area contributed by atoms with Gasteiger partial charge in [0.15, 0.2) is 11.9 Å². The number of aryl methyl sites for hydroxylation is 1. The van der Waals surface area contributed by atoms with Gasteiger partial charge in [0.25, 0.3) is 5.56 Å². The highest BCUT2D eigenvalue weighted by molar-refractivity contribution is 5.85. The van der Waals surface area contributed by atoms with Crippen LogP contribution in [0.3, 0.4) is 0 Å². The van der Waals surface area contributed by atoms with Crippen molar-refractivity contribution in [3.8, 4) is 0 Å². The first kappa shape index (κ1) is 24.2. The molecular formula is C16H24Cl2N8O. The van der Waals surface area contributed by atoms with Crippen molar-refractivity contribution < 1.29 is 0 Å². The maximum absolute atomic E-state index is 12.1. The highest BCUT2D eigenvalue weighted by Crippen LogP contribution is 2.08. The van der Waals surface area contributed by atoms with Crippen molar-refractivity contribution in [2.75, 3.05) is 0 Å². The van der Waals surface area contributed by atoms with Crippen molar-refractivity contribution >= 4 is 36.7 Å². The van der Waals surface area contributed by atoms with E-state index in [9.17, 15) is 4.79 Å². The van der Waals surface area contributed by atoms with Crippen LogP contribution in [0.1, 0.15) is 22.4 Å². The predicted octanol–water partition coefficient (Wildman–Crippen LogP) is -0.00958. The lowest BCUT2D eigenvalue weighted by atomic mass is 10.1. The van der Waals surface area contributed by atoms with Crippen molar-refractivity contribution in [3.63, 3.8) is 0 Å². The van der Waals surface area contributed by atoms with Crippen molar-refractivity contribution in [2.24, 2.45) is 32.9 Å². The summed E-state index contributed by atoms with van der Waals surface area (Å²) in [5, 5.41) is 4.35. The maximum atomic E-state index is 12.1. The third-order valence-corrected chi connectivity index (χ3v) is 3.50. The summed E-state index contributed by atoms with van der Waals surface area (Å²) in [6.45, 7) is 2.78. The van der Waals surface area contributed by atoms with E-state index in [1.54, 1.807) is 6.92 Å². The molecule has 1 aromatic carbocycles. The molecule has 0 atom stereocenters. The molecule has 0 unspecified atom stereocenters. The molecule has 0 saturated carbocycles. The predicted molar refractivity (Wildman–Crippen MR) is 112 cm³/mol. The quantitative estimate of drug-likeness (QED) is 0.383. The lowest BCUT2D eigenvalue weighted by molar-refractivity contribution is 0.615. The monoisotopic (exact) mass is 414 g/mol. The van der Waals surface area contributed by atoms with Crippen molar-refractivity contribution in [2.45, 2.75) is 26.6 Å². The molecule has 0 aliphatic heterocycles. The molecule has 2 aromatic rings. The molecule has 0 bridgehead atoms. The van der Waals surface area contributed by atoms with Gasteiger partial charge in [0.1, 0.15) is 0 Å². The van der Waals surface area contributed by atoms with Gasteiger partial charge in [-0.3, -0.25) is 4.79 Å². The second-order valence-electron chi connectivity index (χ2n) is 5.57. The van der Waals surface area contributed by atoms with E-state index in [0.29, 0.717) is 18.8 Å². The minimum absolute atomic E-state index is 0. The highest BCUT2D eigenvalue weighted by atomic mass is 35.5. The lowest BCUT2D eigenvalue weighted by Crippen LogP contribution is -2.26. The summed E-state index contributed by atoms with van der Waals surface area (Å²) in [6, 6.07) is 9.14. The SMILES string of the molecule is Cc1cc(=O)n(Cc2ccc(CN=C(N)N)cc2)nc1CN=C(N)N.Cl.Cl. The molecule has 0 spiro atoms. The van der Waals surface area contributed by atoms with Crippen LogP contribution >= 0.6 is 24.8 Å². The molecular weight excluding hydrogens is 391 g/mol. The lowest BCUT2D eigenvalue weighted by Gasteiger charge is -2.09. The molecule has 27 heavy (non-hydrogen) atoms. The first-order valence-electron chi connectivity index (χ1n) is 7.61. The maximum Gasteiger partial charge on any atom is 0.267 e. The van der Waals surface area contributed by atoms with Gasteiger partial charge >= 0.3 is 0 Å². The van der Waals surface area contributed by atoms with E-state index < -0.39 is 0 Å². The minimum Gasteiger partial charge on any atom is -0.370 e. The molecule has 8 N–H and O–H groups in total. The molecule has 0 aliphatic rings. The van der Waals surface area contributed by atoms with E-state index in [1.165, 1.54) is 10.7 Å². The van der Waals surface area contributed by atoms with E-state index >= 15 is 0 Å². The summed E-state index contributed by atoms with van der Waals surface area (Å²) in [5.74, 6) is 0.0307. The van der Waals surface area contributed by atoms with Crippen LogP contribution in [0.2, 0.25) is 0 Å². The van der Waals surface area contributed by atoms with Gasteiger partial charge in [-0.15, -0.1) is 24.8 Å². The van der Waals surface area contributed by atoms with E-state index in [1.807, 2.05) is 24.3 Å². The fourth-order valence-electron chi connectivity index (χ4n) is 2.16. The number of aliphatic imine (C=N–C) groups is 2. The summed E-state index contributed by atoms with van der Waals surface area (Å²) in [6.07, 6.45) is 0. The van der Waals surface area contributed by atoms with Crippen molar-refractivity contribution in [1.29, 1.82) is 0 Å². The van der Waals surface area contributed by atoms with Crippen LogP contribution < -0.4 is 28.5 Å². The average Bonchev–Trinajstić information content (AvgIpc) is 2.55. The van der Waals surface area contributed by atoms with Crippen LogP contribution in [0.25, 0.3) is 0 Å². The van der Waals surface area contributed by atoms with Crippen molar-refractivity contribution in [3.05, 3.63) is 63.1 Å². The second kappa shape index (κ2) is 11.0. The van der Waals surface area contributed by atoms with Gasteiger partial charge in [-0.05, 0) is 23.6 Å². The minimum atomic E-state index is -0.185. The smallest absolute Gasteiger partial charge is 0.267 e. The van der Waals surface area contributed by atoms with E-state index in [2.05, 4.69) is 15.1 Å². The third-order valence-electron chi connectivity index (χ3n) is 3.50. The zero-order chi connectivity index (χ0) is 18.4. The number of hydrogen-bond acceptors (Lipinski definition) is 4. The molecule has 148 valence electrons. The zero-order valence-corrected chi connectivity index (χ0v) is 16.5. The second-order valence-corrected chi connectivity index (χ2v) is 5.57. The van der Waals surface area contributed by atoms with Crippen molar-refractivity contribution in [1.82, 2.24) is 9.78 Å². The van der Waals surface area contributed by atoms with Gasteiger partial charge in [0.05, 0.1) is 25.3 Å². The summed E-state index contributed by atoms with van der Waals surface area (Å²) in [7, 11) is 0. The standard InChI is InChI=1S/C16H22N8O.2ClH/c1-10-6-14(25)24(23-13(10)8-22-16(19)20)9-12-4-2-11(3-5-12)7-21-15(17)18;;/h2-6H,7-9H2,1H3,(H4,17,18,21)(H4,19,20,22);2*1H. The van der Waals surface area contributed by atoms with E-state index in [0.717, 1.165) is 16.7 Å². The van der Waals surface area contributed by atoms with Gasteiger partial charge < -0.3 is 22.9 Å². The molecule has 2 rings (SSSR count). The van der Waals surface area contributed by atoms with Crippen LogP contribution in [0.4, 0.5) is 0 Å². The van der Waals surface area contributed by atoms with Gasteiger partial charge in [0, 0.05) is 6.07 Å². The molecule has 11 heteroatoms. The normalized spacial score (nSPS) is 9.52. The summed E-state index contributed by atoms with van der Waals surface area (Å²) in [4.78, 5) is 20.0. The van der Waals surface area contributed by atoms with Crippen LogP contribution in [-0.4, -0.2) is 21.7 Å². The molecule has 1 heterocycles. The molecule has 0 fully saturated rings. The molecule has 0 saturated heterocycles. The Balaban J connectivity index is 0.00000338. The molecule has 1 aromatic heterocycles. The number of hydrogen-bond donors (Lipinski definition) is 4. The average molecular weight is 415 g/mol. The fraction of sp³-hybridized carbons (Fsp3) is 0.250. The summed E-state index contributed by atoms with van der Waals surface area (Å²) in [5.41, 5.74) is 24.4. The molecule has 0 amide bonds. The Bertz CT molecular complexity index is 854. The van der Waals surface area contributed by atoms with Crippen LogP contribution in [0, 0.1) is 6.92 Å². The number of halogens is 2. The number of benzene rings is 1. The van der Waals surface area contributed by atoms with Crippen LogP contribution in [-0.2, 0) is 19.6 Å². The highest BCUT2D eigenvalue weighted by Gasteiger charge is 2.06. The fourth-order valence-corrected chi connectivity index (χ4v) is 2.16. The number of aromatic nitrogens is 2. The zero-order valence-electron chi connectivity index (χ0n) is 14.8. The topological polar surface area (TPSA) is 164 Å². The van der Waals surface area contributed by atoms with Gasteiger partial charge in [-0.25, -0.2) is 14.7 Å². The molecule has 9 nitrogen and oxygen atoms in total. The number of rotatable bonds is 6. The van der Waals surface area contributed by atoms with Crippen LogP contribution in [0.15, 0.2) is 45.1 Å². The molecule has 0 radical (unpaired) electrons. The van der Waals surface area contributed by atoms with Gasteiger partial charge in [-0.1, -0.05) is 24.3 Å². The summed E-state index contributed by atoms with van der Waals surface area (Å²) >= 11 is 0. The van der Waals surface area contributed by atoms with Gasteiger partial charge in [0.2, 0.25) is 0 Å². The van der Waals surface area contributed by atoms with E-state index in [-0.39, 0.29) is 48.8 Å². The number of nitrogens with zero attached hydrogens (tertiary/aromatic N) is 4. The Hall–Kier alpha value is -2.78. The van der Waals surface area contributed by atoms with Crippen LogP contribution in [0.5, 0.6) is 0 Å². The first-order chi connectivity index (χ1) is 11.8. The Labute approximate surface area is 169 Å². The van der Waals surface area contributed by atoms with E-state index in [4.69, 9.17) is 22.9 Å². The largest absolute Gasteiger partial charge is 0.370 e. The Morgan fingerprint density at radius 3 is 2.04 bits per heavy atom. The number of guanidine groups is 2. The Kier molecular flexibility index (Phi) is 9.91. The molecule has 0 aliphatic carbocycles. The van der Waals surface area contributed by atoms with Gasteiger partial charge in [-0.2, -0.15) is 5.10 Å². The Morgan fingerprint density at radius 2 is 1.48 bits per heavy atom. The summed E-state index contributed by atoms with van der Waals surface area (Å²) < 4.78 is 1.38. The Morgan fingerprint density at radius 1 is 0.963 bits per heavy atom.